The lowest BCUT2D eigenvalue weighted by atomic mass is 9.97. The fourth-order valence-electron chi connectivity index (χ4n) is 2.91. The first-order valence-corrected chi connectivity index (χ1v) is 7.31. The number of nitrogens with zero attached hydrogens (tertiary/aromatic N) is 2. The minimum Gasteiger partial charge on any atom is -0.351 e. The van der Waals surface area contributed by atoms with Crippen LogP contribution in [0, 0.1) is 5.92 Å². The zero-order valence-corrected chi connectivity index (χ0v) is 11.5. The molecule has 2 unspecified atom stereocenters. The third-order valence-electron chi connectivity index (χ3n) is 4.17. The molecule has 3 nitrogen and oxygen atoms in total. The number of hydrogen-bond donors (Lipinski definition) is 1. The highest BCUT2D eigenvalue weighted by Crippen LogP contribution is 2.25. The molecule has 2 aromatic rings. The molecule has 1 heterocycles. The summed E-state index contributed by atoms with van der Waals surface area (Å²) in [5, 5.41) is 4.64. The molecular formula is C16H21N3. The van der Waals surface area contributed by atoms with Crippen LogP contribution in [-0.4, -0.2) is 16.0 Å². The SMILES string of the molecule is CC1CCCCCC1Nc1ncc2ccccc2n1. The maximum absolute atomic E-state index is 4.61. The molecule has 2 atom stereocenters. The first-order valence-electron chi connectivity index (χ1n) is 7.31. The van der Waals surface area contributed by atoms with Crippen molar-refractivity contribution in [2.45, 2.75) is 45.1 Å². The summed E-state index contributed by atoms with van der Waals surface area (Å²) in [4.78, 5) is 9.06. The van der Waals surface area contributed by atoms with Gasteiger partial charge in [-0.25, -0.2) is 9.97 Å². The number of para-hydroxylation sites is 1. The first kappa shape index (κ1) is 12.4. The Balaban J connectivity index is 1.80. The second-order valence-corrected chi connectivity index (χ2v) is 5.62. The molecule has 0 amide bonds. The zero-order chi connectivity index (χ0) is 13.1. The van der Waals surface area contributed by atoms with Gasteiger partial charge in [-0.3, -0.25) is 0 Å². The Labute approximate surface area is 114 Å². The maximum atomic E-state index is 4.61. The Bertz CT molecular complexity index is 552. The largest absolute Gasteiger partial charge is 0.351 e. The van der Waals surface area contributed by atoms with Crippen LogP contribution in [0.2, 0.25) is 0 Å². The van der Waals surface area contributed by atoms with Crippen molar-refractivity contribution in [2.24, 2.45) is 5.92 Å². The molecule has 1 N–H and O–H groups in total. The quantitative estimate of drug-likeness (QED) is 0.824. The molecule has 0 aliphatic heterocycles. The summed E-state index contributed by atoms with van der Waals surface area (Å²) in [6.45, 7) is 2.34. The van der Waals surface area contributed by atoms with Crippen LogP contribution in [0.15, 0.2) is 30.5 Å². The normalized spacial score (nSPS) is 24.1. The summed E-state index contributed by atoms with van der Waals surface area (Å²) in [5.41, 5.74) is 1.02. The summed E-state index contributed by atoms with van der Waals surface area (Å²) in [6, 6.07) is 8.65. The van der Waals surface area contributed by atoms with Gasteiger partial charge in [0.2, 0.25) is 5.95 Å². The van der Waals surface area contributed by atoms with Crippen LogP contribution in [0.5, 0.6) is 0 Å². The van der Waals surface area contributed by atoms with Gasteiger partial charge in [0.25, 0.3) is 0 Å². The van der Waals surface area contributed by atoms with Crippen molar-refractivity contribution in [3.63, 3.8) is 0 Å². The van der Waals surface area contributed by atoms with Crippen molar-refractivity contribution in [1.29, 1.82) is 0 Å². The molecule has 0 bridgehead atoms. The van der Waals surface area contributed by atoms with Crippen molar-refractivity contribution >= 4 is 16.9 Å². The van der Waals surface area contributed by atoms with E-state index in [9.17, 15) is 0 Å². The fourth-order valence-corrected chi connectivity index (χ4v) is 2.91. The Kier molecular flexibility index (Phi) is 3.62. The number of fused-ring (bicyclic) bond motifs is 1. The van der Waals surface area contributed by atoms with E-state index in [2.05, 4.69) is 22.2 Å². The summed E-state index contributed by atoms with van der Waals surface area (Å²) >= 11 is 0. The van der Waals surface area contributed by atoms with E-state index < -0.39 is 0 Å². The van der Waals surface area contributed by atoms with E-state index in [1.54, 1.807) is 0 Å². The lowest BCUT2D eigenvalue weighted by Gasteiger charge is -2.22. The van der Waals surface area contributed by atoms with Crippen LogP contribution < -0.4 is 5.32 Å². The Morgan fingerprint density at radius 1 is 1.11 bits per heavy atom. The number of benzene rings is 1. The molecule has 1 aliphatic carbocycles. The molecule has 1 aliphatic rings. The van der Waals surface area contributed by atoms with Gasteiger partial charge < -0.3 is 5.32 Å². The van der Waals surface area contributed by atoms with Gasteiger partial charge in [-0.2, -0.15) is 0 Å². The van der Waals surface area contributed by atoms with Crippen LogP contribution in [0.1, 0.15) is 39.0 Å². The summed E-state index contributed by atoms with van der Waals surface area (Å²) in [6.07, 6.45) is 8.49. The third kappa shape index (κ3) is 2.86. The van der Waals surface area contributed by atoms with Crippen molar-refractivity contribution in [3.05, 3.63) is 30.5 Å². The molecule has 0 radical (unpaired) electrons. The molecule has 1 aromatic carbocycles. The van der Waals surface area contributed by atoms with Crippen molar-refractivity contribution < 1.29 is 0 Å². The van der Waals surface area contributed by atoms with Crippen molar-refractivity contribution in [2.75, 3.05) is 5.32 Å². The molecule has 0 saturated heterocycles. The summed E-state index contributed by atoms with van der Waals surface area (Å²) in [5.74, 6) is 1.48. The average molecular weight is 255 g/mol. The Morgan fingerprint density at radius 2 is 1.95 bits per heavy atom. The topological polar surface area (TPSA) is 37.8 Å². The van der Waals surface area contributed by atoms with Crippen LogP contribution in [-0.2, 0) is 0 Å². The zero-order valence-electron chi connectivity index (χ0n) is 11.5. The Hall–Kier alpha value is -1.64. The lowest BCUT2D eigenvalue weighted by Crippen LogP contribution is -2.27. The molecule has 1 fully saturated rings. The van der Waals surface area contributed by atoms with E-state index in [1.165, 1.54) is 32.1 Å². The second kappa shape index (κ2) is 5.55. The van der Waals surface area contributed by atoms with E-state index in [0.29, 0.717) is 12.0 Å². The van der Waals surface area contributed by atoms with E-state index in [0.717, 1.165) is 16.9 Å². The number of hydrogen-bond acceptors (Lipinski definition) is 3. The summed E-state index contributed by atoms with van der Waals surface area (Å²) in [7, 11) is 0. The van der Waals surface area contributed by atoms with Crippen molar-refractivity contribution in [1.82, 2.24) is 9.97 Å². The van der Waals surface area contributed by atoms with Crippen molar-refractivity contribution in [3.8, 4) is 0 Å². The van der Waals surface area contributed by atoms with Crippen LogP contribution in [0.3, 0.4) is 0 Å². The van der Waals surface area contributed by atoms with Gasteiger partial charge in [-0.15, -0.1) is 0 Å². The van der Waals surface area contributed by atoms with Gasteiger partial charge in [-0.1, -0.05) is 44.4 Å². The Morgan fingerprint density at radius 3 is 2.89 bits per heavy atom. The number of nitrogens with one attached hydrogen (secondary N) is 1. The molecule has 3 rings (SSSR count). The molecule has 1 aromatic heterocycles. The van der Waals surface area contributed by atoms with Gasteiger partial charge in [0, 0.05) is 17.6 Å². The maximum Gasteiger partial charge on any atom is 0.223 e. The van der Waals surface area contributed by atoms with E-state index >= 15 is 0 Å². The molecule has 3 heteroatoms. The highest BCUT2D eigenvalue weighted by atomic mass is 15.1. The highest BCUT2D eigenvalue weighted by Gasteiger charge is 2.20. The smallest absolute Gasteiger partial charge is 0.223 e. The number of anilines is 1. The fraction of sp³-hybridized carbons (Fsp3) is 0.500. The highest BCUT2D eigenvalue weighted by molar-refractivity contribution is 5.78. The standard InChI is InChI=1S/C16H21N3/c1-12-7-3-2-4-9-14(12)18-16-17-11-13-8-5-6-10-15(13)19-16/h5-6,8,10-12,14H,2-4,7,9H2,1H3,(H,17,18,19). The van der Waals surface area contributed by atoms with E-state index in [1.807, 2.05) is 30.5 Å². The van der Waals surface area contributed by atoms with Crippen LogP contribution in [0.4, 0.5) is 5.95 Å². The summed E-state index contributed by atoms with van der Waals surface area (Å²) < 4.78 is 0. The minimum atomic E-state index is 0.517. The molecule has 100 valence electrons. The predicted molar refractivity (Wildman–Crippen MR) is 79.2 cm³/mol. The molecular weight excluding hydrogens is 234 g/mol. The van der Waals surface area contributed by atoms with Gasteiger partial charge in [0.15, 0.2) is 0 Å². The lowest BCUT2D eigenvalue weighted by molar-refractivity contribution is 0.454. The van der Waals surface area contributed by atoms with Gasteiger partial charge in [-0.05, 0) is 24.8 Å². The molecule has 1 saturated carbocycles. The number of aromatic nitrogens is 2. The van der Waals surface area contributed by atoms with Gasteiger partial charge in [0.1, 0.15) is 0 Å². The van der Waals surface area contributed by atoms with E-state index in [-0.39, 0.29) is 0 Å². The molecule has 0 spiro atoms. The second-order valence-electron chi connectivity index (χ2n) is 5.62. The first-order chi connectivity index (χ1) is 9.33. The predicted octanol–water partition coefficient (Wildman–Crippen LogP) is 4.01. The third-order valence-corrected chi connectivity index (χ3v) is 4.17. The van der Waals surface area contributed by atoms with Crippen LogP contribution in [0.25, 0.3) is 10.9 Å². The van der Waals surface area contributed by atoms with Gasteiger partial charge >= 0.3 is 0 Å². The monoisotopic (exact) mass is 255 g/mol. The molecule has 19 heavy (non-hydrogen) atoms. The van der Waals surface area contributed by atoms with Gasteiger partial charge in [0.05, 0.1) is 5.52 Å². The minimum absolute atomic E-state index is 0.517. The van der Waals surface area contributed by atoms with E-state index in [4.69, 9.17) is 0 Å². The number of rotatable bonds is 2. The van der Waals surface area contributed by atoms with Crippen LogP contribution >= 0.6 is 0 Å². The average Bonchev–Trinajstić information content (AvgIpc) is 2.64.